The zero-order valence-electron chi connectivity index (χ0n) is 14.4. The van der Waals surface area contributed by atoms with Crippen LogP contribution >= 0.6 is 0 Å². The second kappa shape index (κ2) is 11.2. The molecule has 124 valence electrons. The Morgan fingerprint density at radius 1 is 0.857 bits per heavy atom. The van der Waals surface area contributed by atoms with Crippen LogP contribution < -0.4 is 0 Å². The van der Waals surface area contributed by atoms with Gasteiger partial charge in [0.05, 0.1) is 0 Å². The van der Waals surface area contributed by atoms with Crippen LogP contribution in [0.3, 0.4) is 0 Å². The monoisotopic (exact) mass is 296 g/mol. The van der Waals surface area contributed by atoms with E-state index >= 15 is 0 Å². The fourth-order valence-electron chi connectivity index (χ4n) is 3.55. The maximum Gasteiger partial charge on any atom is 0.164 e. The molecule has 1 aliphatic rings. The lowest BCUT2D eigenvalue weighted by Crippen LogP contribution is -2.41. The van der Waals surface area contributed by atoms with E-state index in [4.69, 9.17) is 4.74 Å². The normalized spacial score (nSPS) is 18.4. The van der Waals surface area contributed by atoms with Gasteiger partial charge in [0, 0.05) is 13.0 Å². The third-order valence-corrected chi connectivity index (χ3v) is 4.85. The quantitative estimate of drug-likeness (QED) is 0.354. The summed E-state index contributed by atoms with van der Waals surface area (Å²) in [7, 11) is 0. The minimum atomic E-state index is -0.423. The summed E-state index contributed by atoms with van der Waals surface area (Å²) in [5.41, 5.74) is -0.423. The molecule has 1 rings (SSSR count). The predicted molar refractivity (Wildman–Crippen MR) is 89.7 cm³/mol. The molecule has 0 bridgehead atoms. The first-order chi connectivity index (χ1) is 10.2. The van der Waals surface area contributed by atoms with E-state index in [0.29, 0.717) is 12.4 Å². The number of hydrogen-bond acceptors (Lipinski definition) is 2. The first kappa shape index (κ1) is 18.7. The van der Waals surface area contributed by atoms with Gasteiger partial charge in [0.15, 0.2) is 5.78 Å². The van der Waals surface area contributed by atoms with Crippen LogP contribution in [0.5, 0.6) is 0 Å². The number of unbranched alkanes of at least 4 members (excludes halogenated alkanes) is 6. The molecule has 0 amide bonds. The molecule has 0 radical (unpaired) electrons. The highest BCUT2D eigenvalue weighted by Gasteiger charge is 2.38. The van der Waals surface area contributed by atoms with Gasteiger partial charge in [0.25, 0.3) is 0 Å². The molecule has 0 aliphatic heterocycles. The van der Waals surface area contributed by atoms with Crippen molar-refractivity contribution in [3.8, 4) is 0 Å². The lowest BCUT2D eigenvalue weighted by molar-refractivity contribution is -0.146. The predicted octanol–water partition coefficient (Wildman–Crippen LogP) is 5.83. The van der Waals surface area contributed by atoms with E-state index in [-0.39, 0.29) is 0 Å². The Labute approximate surface area is 132 Å². The molecule has 2 nitrogen and oxygen atoms in total. The lowest BCUT2D eigenvalue weighted by atomic mass is 9.86. The van der Waals surface area contributed by atoms with Gasteiger partial charge in [-0.3, -0.25) is 4.79 Å². The summed E-state index contributed by atoms with van der Waals surface area (Å²) in [4.78, 5) is 12.7. The number of ketones is 1. The summed E-state index contributed by atoms with van der Waals surface area (Å²) < 4.78 is 5.97. The molecular formula is C19H36O2. The number of rotatable bonds is 11. The van der Waals surface area contributed by atoms with Crippen molar-refractivity contribution in [3.05, 3.63) is 0 Å². The molecule has 0 atom stereocenters. The zero-order valence-corrected chi connectivity index (χ0v) is 14.4. The highest BCUT2D eigenvalue weighted by Crippen LogP contribution is 2.33. The topological polar surface area (TPSA) is 26.3 Å². The summed E-state index contributed by atoms with van der Waals surface area (Å²) in [6.07, 6.45) is 16.4. The summed E-state index contributed by atoms with van der Waals surface area (Å²) in [5.74, 6) is 0.389. The van der Waals surface area contributed by atoms with Gasteiger partial charge in [-0.15, -0.1) is 0 Å². The van der Waals surface area contributed by atoms with Crippen LogP contribution in [0.25, 0.3) is 0 Å². The number of Topliss-reactive ketones (excluding diaryl/α,β-unsaturated/α-hetero) is 1. The molecule has 21 heavy (non-hydrogen) atoms. The van der Waals surface area contributed by atoms with Gasteiger partial charge < -0.3 is 4.74 Å². The number of carbonyl (C=O) groups is 1. The Balaban J connectivity index is 2.29. The van der Waals surface area contributed by atoms with Gasteiger partial charge >= 0.3 is 0 Å². The van der Waals surface area contributed by atoms with Crippen LogP contribution in [0, 0.1) is 0 Å². The average Bonchev–Trinajstić information content (AvgIpc) is 2.73. The number of hydrogen-bond donors (Lipinski definition) is 0. The van der Waals surface area contributed by atoms with Crippen LogP contribution in [-0.4, -0.2) is 18.0 Å². The van der Waals surface area contributed by atoms with Gasteiger partial charge in [-0.05, 0) is 26.2 Å². The minimum absolute atomic E-state index is 0.389. The molecular weight excluding hydrogens is 260 g/mol. The third kappa shape index (κ3) is 6.95. The van der Waals surface area contributed by atoms with Gasteiger partial charge in [-0.1, -0.05) is 71.1 Å². The average molecular weight is 296 g/mol. The molecule has 0 saturated heterocycles. The minimum Gasteiger partial charge on any atom is -0.368 e. The van der Waals surface area contributed by atoms with Crippen molar-refractivity contribution >= 4 is 5.78 Å². The van der Waals surface area contributed by atoms with Gasteiger partial charge in [-0.2, -0.15) is 0 Å². The third-order valence-electron chi connectivity index (χ3n) is 4.85. The molecule has 1 fully saturated rings. The Bertz CT molecular complexity index is 265. The molecule has 2 heteroatoms. The van der Waals surface area contributed by atoms with Crippen LogP contribution in [0.2, 0.25) is 0 Å². The Morgan fingerprint density at radius 2 is 1.43 bits per heavy atom. The van der Waals surface area contributed by atoms with Gasteiger partial charge in [0.2, 0.25) is 0 Å². The largest absolute Gasteiger partial charge is 0.368 e. The first-order valence-electron chi connectivity index (χ1n) is 9.42. The van der Waals surface area contributed by atoms with E-state index in [0.717, 1.165) is 38.5 Å². The summed E-state index contributed by atoms with van der Waals surface area (Å²) in [6.45, 7) is 4.94. The summed E-state index contributed by atoms with van der Waals surface area (Å²) in [5, 5.41) is 0. The molecule has 1 aliphatic carbocycles. The molecule has 0 spiro atoms. The van der Waals surface area contributed by atoms with E-state index in [1.807, 2.05) is 6.92 Å². The highest BCUT2D eigenvalue weighted by molar-refractivity contribution is 5.87. The lowest BCUT2D eigenvalue weighted by Gasteiger charge is -2.31. The second-order valence-corrected chi connectivity index (χ2v) is 6.64. The van der Waals surface area contributed by atoms with Crippen molar-refractivity contribution in [2.45, 2.75) is 109 Å². The Morgan fingerprint density at radius 3 is 2.00 bits per heavy atom. The van der Waals surface area contributed by atoms with Crippen molar-refractivity contribution < 1.29 is 9.53 Å². The fourth-order valence-corrected chi connectivity index (χ4v) is 3.55. The number of ether oxygens (including phenoxy) is 1. The molecule has 0 N–H and O–H groups in total. The van der Waals surface area contributed by atoms with E-state index in [1.54, 1.807) is 0 Å². The van der Waals surface area contributed by atoms with Crippen LogP contribution in [0.15, 0.2) is 0 Å². The fraction of sp³-hybridized carbons (Fsp3) is 0.947. The smallest absolute Gasteiger partial charge is 0.164 e. The van der Waals surface area contributed by atoms with Gasteiger partial charge in [0.1, 0.15) is 5.60 Å². The SMILES string of the molecule is CCCCCCCCCC(=O)C1(OCC)CCCCCC1. The van der Waals surface area contributed by atoms with Crippen molar-refractivity contribution in [2.24, 2.45) is 0 Å². The van der Waals surface area contributed by atoms with E-state index in [9.17, 15) is 4.79 Å². The van der Waals surface area contributed by atoms with Crippen molar-refractivity contribution in [1.29, 1.82) is 0 Å². The summed E-state index contributed by atoms with van der Waals surface area (Å²) in [6, 6.07) is 0. The van der Waals surface area contributed by atoms with E-state index in [1.165, 1.54) is 51.4 Å². The maximum absolute atomic E-state index is 12.7. The highest BCUT2D eigenvalue weighted by atomic mass is 16.5. The van der Waals surface area contributed by atoms with E-state index < -0.39 is 5.60 Å². The first-order valence-corrected chi connectivity index (χ1v) is 9.42. The van der Waals surface area contributed by atoms with Crippen LogP contribution in [-0.2, 0) is 9.53 Å². The van der Waals surface area contributed by atoms with Crippen LogP contribution in [0.1, 0.15) is 104 Å². The standard InChI is InChI=1S/C19H36O2/c1-3-5-6-7-8-9-12-15-18(20)19(21-4-2)16-13-10-11-14-17-19/h3-17H2,1-2H3. The Kier molecular flexibility index (Phi) is 9.99. The van der Waals surface area contributed by atoms with Crippen molar-refractivity contribution in [2.75, 3.05) is 6.61 Å². The number of carbonyl (C=O) groups excluding carboxylic acids is 1. The van der Waals surface area contributed by atoms with Crippen molar-refractivity contribution in [3.63, 3.8) is 0 Å². The summed E-state index contributed by atoms with van der Waals surface area (Å²) >= 11 is 0. The molecule has 0 aromatic heterocycles. The Hall–Kier alpha value is -0.370. The zero-order chi connectivity index (χ0) is 15.4. The molecule has 0 aromatic carbocycles. The van der Waals surface area contributed by atoms with Crippen molar-refractivity contribution in [1.82, 2.24) is 0 Å². The second-order valence-electron chi connectivity index (χ2n) is 6.64. The maximum atomic E-state index is 12.7. The molecule has 0 unspecified atom stereocenters. The molecule has 0 aromatic rings. The van der Waals surface area contributed by atoms with Gasteiger partial charge in [-0.25, -0.2) is 0 Å². The molecule has 1 saturated carbocycles. The van der Waals surface area contributed by atoms with Crippen LogP contribution in [0.4, 0.5) is 0 Å². The van der Waals surface area contributed by atoms with E-state index in [2.05, 4.69) is 6.92 Å². The molecule has 0 heterocycles.